The van der Waals surface area contributed by atoms with Crippen LogP contribution in [0.5, 0.6) is 17.2 Å². The van der Waals surface area contributed by atoms with Crippen LogP contribution in [0.2, 0.25) is 0 Å². The Labute approximate surface area is 323 Å². The Morgan fingerprint density at radius 3 is 1.35 bits per heavy atom. The molecule has 3 aromatic rings. The number of hydrogen-bond donors (Lipinski definition) is 4. The van der Waals surface area contributed by atoms with Gasteiger partial charge in [-0.05, 0) is 96.8 Å². The van der Waals surface area contributed by atoms with Gasteiger partial charge >= 0.3 is 0 Å². The van der Waals surface area contributed by atoms with E-state index in [0.717, 1.165) is 93.7 Å². The number of phenolic OH excluding ortho intramolecular Hbond substituents is 3. The van der Waals surface area contributed by atoms with Crippen molar-refractivity contribution in [2.45, 2.75) is 162 Å². The molecule has 0 aliphatic rings. The van der Waals surface area contributed by atoms with E-state index < -0.39 is 6.23 Å². The van der Waals surface area contributed by atoms with E-state index in [4.69, 9.17) is 4.84 Å². The third kappa shape index (κ3) is 14.8. The maximum Gasteiger partial charge on any atom is 0.285 e. The van der Waals surface area contributed by atoms with E-state index in [1.54, 1.807) is 30.3 Å². The number of rotatable bonds is 28. The molecule has 0 amide bonds. The lowest BCUT2D eigenvalue weighted by Crippen LogP contribution is -2.19. The first-order valence-corrected chi connectivity index (χ1v) is 20.6. The highest BCUT2D eigenvalue weighted by Crippen LogP contribution is 2.32. The topological polar surface area (TPSA) is 144 Å². The molecular formula is C45H65N3O6. The van der Waals surface area contributed by atoms with Crippen LogP contribution in [0.1, 0.15) is 176 Å². The van der Waals surface area contributed by atoms with Gasteiger partial charge in [0.2, 0.25) is 0 Å². The number of nitroso groups, excluding NO2 is 1. The molecule has 3 rings (SSSR count). The lowest BCUT2D eigenvalue weighted by Gasteiger charge is -2.16. The highest BCUT2D eigenvalue weighted by molar-refractivity contribution is 6.54. The fraction of sp³-hybridized carbons (Fsp3) is 0.556. The molecule has 3 aromatic carbocycles. The highest BCUT2D eigenvalue weighted by Gasteiger charge is 2.25. The summed E-state index contributed by atoms with van der Waals surface area (Å²) in [6.45, 7) is 6.58. The molecule has 0 spiro atoms. The average Bonchev–Trinajstić information content (AvgIpc) is 3.18. The molecule has 0 aromatic heterocycles. The lowest BCUT2D eigenvalue weighted by atomic mass is 9.94. The Morgan fingerprint density at radius 1 is 0.537 bits per heavy atom. The van der Waals surface area contributed by atoms with Gasteiger partial charge < -0.3 is 25.4 Å². The summed E-state index contributed by atoms with van der Waals surface area (Å²) in [5, 5.41) is 54.6. The molecule has 0 heterocycles. The van der Waals surface area contributed by atoms with E-state index >= 15 is 0 Å². The van der Waals surface area contributed by atoms with Crippen molar-refractivity contribution >= 4 is 11.4 Å². The summed E-state index contributed by atoms with van der Waals surface area (Å²) < 4.78 is 0. The van der Waals surface area contributed by atoms with Crippen molar-refractivity contribution in [3.05, 3.63) is 92.9 Å². The number of hydrogen-bond acceptors (Lipinski definition) is 9. The Kier molecular flexibility index (Phi) is 20.8. The fourth-order valence-corrected chi connectivity index (χ4v) is 6.83. The van der Waals surface area contributed by atoms with Crippen LogP contribution < -0.4 is 0 Å². The summed E-state index contributed by atoms with van der Waals surface area (Å²) in [6.07, 6.45) is 21.3. The molecular weight excluding hydrogens is 679 g/mol. The first-order valence-electron chi connectivity index (χ1n) is 20.6. The third-order valence-corrected chi connectivity index (χ3v) is 10.1. The Balaban J connectivity index is 1.96. The average molecular weight is 744 g/mol. The largest absolute Gasteiger partial charge is 0.507 e. The summed E-state index contributed by atoms with van der Waals surface area (Å²) in [7, 11) is 0. The molecule has 4 N–H and O–H groups in total. The van der Waals surface area contributed by atoms with Crippen molar-refractivity contribution in [3.63, 3.8) is 0 Å². The van der Waals surface area contributed by atoms with E-state index in [-0.39, 0.29) is 45.4 Å². The van der Waals surface area contributed by atoms with Crippen molar-refractivity contribution in [1.29, 1.82) is 0 Å². The fourth-order valence-electron chi connectivity index (χ4n) is 6.83. The van der Waals surface area contributed by atoms with Gasteiger partial charge in [-0.3, -0.25) is 0 Å². The zero-order valence-corrected chi connectivity index (χ0v) is 33.1. The minimum absolute atomic E-state index is 0.0949. The molecule has 9 heteroatoms. The van der Waals surface area contributed by atoms with E-state index in [1.807, 2.05) is 18.2 Å². The quantitative estimate of drug-likeness (QED) is 0.0191. The summed E-state index contributed by atoms with van der Waals surface area (Å²) in [6, 6.07) is 15.4. The molecule has 0 aliphatic heterocycles. The van der Waals surface area contributed by atoms with E-state index in [1.165, 1.54) is 63.9 Å². The van der Waals surface area contributed by atoms with Crippen LogP contribution in [-0.4, -0.2) is 32.0 Å². The summed E-state index contributed by atoms with van der Waals surface area (Å²) in [5.41, 5.74) is 3.14. The van der Waals surface area contributed by atoms with E-state index in [0.29, 0.717) is 0 Å². The molecule has 296 valence electrons. The second-order valence-electron chi connectivity index (χ2n) is 14.6. The monoisotopic (exact) mass is 743 g/mol. The van der Waals surface area contributed by atoms with Crippen LogP contribution >= 0.6 is 0 Å². The van der Waals surface area contributed by atoms with Gasteiger partial charge in [0.25, 0.3) is 6.23 Å². The molecule has 9 nitrogen and oxygen atoms in total. The number of benzene rings is 3. The van der Waals surface area contributed by atoms with Crippen LogP contribution in [0.4, 0.5) is 0 Å². The molecule has 54 heavy (non-hydrogen) atoms. The number of aromatic hydroxyl groups is 3. The molecule has 1 unspecified atom stereocenters. The smallest absolute Gasteiger partial charge is 0.285 e. The number of nitrogens with zero attached hydrogens (tertiary/aromatic N) is 3. The number of unbranched alkanes of at least 4 members (excludes halogenated alkanes) is 15. The molecule has 0 aliphatic carbocycles. The van der Waals surface area contributed by atoms with Crippen molar-refractivity contribution in [3.8, 4) is 17.2 Å². The van der Waals surface area contributed by atoms with Crippen molar-refractivity contribution < 1.29 is 25.4 Å². The van der Waals surface area contributed by atoms with Gasteiger partial charge in [0.1, 0.15) is 28.7 Å². The first-order chi connectivity index (χ1) is 26.4. The SMILES string of the molecule is CCCCCCCCCc1ccc(O)c(C(N=O)ON=C(C(=NO)c2cc(CCCCCCC)ccc2O)c2cc(CCCCCCCC)ccc2O)c1. The molecule has 0 saturated carbocycles. The van der Waals surface area contributed by atoms with Crippen molar-refractivity contribution in [1.82, 2.24) is 0 Å². The highest BCUT2D eigenvalue weighted by atomic mass is 16.7. The molecule has 0 saturated heterocycles. The Bertz CT molecular complexity index is 1600. The van der Waals surface area contributed by atoms with Crippen molar-refractivity contribution in [2.24, 2.45) is 15.5 Å². The summed E-state index contributed by atoms with van der Waals surface area (Å²) >= 11 is 0. The van der Waals surface area contributed by atoms with Crippen molar-refractivity contribution in [2.75, 3.05) is 0 Å². The van der Waals surface area contributed by atoms with Gasteiger partial charge in [-0.15, -0.1) is 4.91 Å². The zero-order valence-electron chi connectivity index (χ0n) is 33.1. The normalized spacial score (nSPS) is 12.6. The van der Waals surface area contributed by atoms with Crippen LogP contribution in [0.25, 0.3) is 0 Å². The molecule has 0 fully saturated rings. The van der Waals surface area contributed by atoms with Gasteiger partial charge in [0, 0.05) is 11.1 Å². The summed E-state index contributed by atoms with van der Waals surface area (Å²) in [4.78, 5) is 18.1. The van der Waals surface area contributed by atoms with Gasteiger partial charge in [-0.1, -0.05) is 146 Å². The van der Waals surface area contributed by atoms with Gasteiger partial charge in [-0.2, -0.15) is 0 Å². The summed E-state index contributed by atoms with van der Waals surface area (Å²) in [5.74, 6) is -0.454. The lowest BCUT2D eigenvalue weighted by molar-refractivity contribution is 0.0626. The number of oxime groups is 2. The second-order valence-corrected chi connectivity index (χ2v) is 14.6. The van der Waals surface area contributed by atoms with Crippen LogP contribution in [0.3, 0.4) is 0 Å². The predicted molar refractivity (Wildman–Crippen MR) is 220 cm³/mol. The zero-order chi connectivity index (χ0) is 39.0. The minimum atomic E-state index is -1.54. The standard InChI is InChI=1S/C45H65N3O6/c1-4-7-10-13-15-18-21-24-36-27-30-42(51)39(33-36)45(47-53)54-48-44(38-32-35(26-29-41(38)50)23-20-17-14-11-8-5-2)43(46-52)37-31-34(25-28-40(37)49)22-19-16-12-9-6-3/h25-33,45,49-52H,4-24H2,1-3H3. The Morgan fingerprint density at radius 2 is 0.926 bits per heavy atom. The molecule has 0 radical (unpaired) electrons. The van der Waals surface area contributed by atoms with E-state index in [2.05, 4.69) is 36.3 Å². The number of aryl methyl sites for hydroxylation is 3. The third-order valence-electron chi connectivity index (χ3n) is 10.1. The first kappa shape index (κ1) is 44.0. The maximum atomic E-state index is 12.3. The van der Waals surface area contributed by atoms with Crippen LogP contribution in [-0.2, 0) is 24.1 Å². The number of phenols is 3. The van der Waals surface area contributed by atoms with Crippen LogP contribution in [0.15, 0.2) is 70.1 Å². The predicted octanol–water partition coefficient (Wildman–Crippen LogP) is 12.6. The minimum Gasteiger partial charge on any atom is -0.507 e. The Hall–Kier alpha value is -4.40. The van der Waals surface area contributed by atoms with Crippen LogP contribution in [0, 0.1) is 4.91 Å². The molecule has 0 bridgehead atoms. The van der Waals surface area contributed by atoms with Gasteiger partial charge in [0.15, 0.2) is 0 Å². The van der Waals surface area contributed by atoms with Gasteiger partial charge in [0.05, 0.1) is 5.56 Å². The maximum absolute atomic E-state index is 12.3. The molecule has 1 atom stereocenters. The second kappa shape index (κ2) is 25.6. The van der Waals surface area contributed by atoms with E-state index in [9.17, 15) is 25.4 Å². The van der Waals surface area contributed by atoms with Gasteiger partial charge in [-0.25, -0.2) is 0 Å².